The van der Waals surface area contributed by atoms with E-state index in [1.54, 1.807) is 23.5 Å². The Morgan fingerprint density at radius 1 is 1.23 bits per heavy atom. The second-order valence-electron chi connectivity index (χ2n) is 7.38. The van der Waals surface area contributed by atoms with Gasteiger partial charge in [0.25, 0.3) is 0 Å². The SMILES string of the molecule is CCc1cc2c(SC(C)C(=O)N3CCN(c4ccccc4F)CC3)nc(C)nc2s1. The van der Waals surface area contributed by atoms with Gasteiger partial charge in [0.1, 0.15) is 21.5 Å². The van der Waals surface area contributed by atoms with Crippen molar-refractivity contribution in [3.63, 3.8) is 0 Å². The number of halogens is 1. The molecule has 30 heavy (non-hydrogen) atoms. The van der Waals surface area contributed by atoms with E-state index in [0.717, 1.165) is 27.5 Å². The zero-order chi connectivity index (χ0) is 21.3. The van der Waals surface area contributed by atoms with E-state index < -0.39 is 0 Å². The number of rotatable bonds is 5. The van der Waals surface area contributed by atoms with E-state index in [-0.39, 0.29) is 17.0 Å². The van der Waals surface area contributed by atoms with Crippen LogP contribution < -0.4 is 4.90 Å². The van der Waals surface area contributed by atoms with Gasteiger partial charge in [-0.25, -0.2) is 14.4 Å². The largest absolute Gasteiger partial charge is 0.366 e. The number of thioether (sulfide) groups is 1. The fourth-order valence-electron chi connectivity index (χ4n) is 3.66. The zero-order valence-corrected chi connectivity index (χ0v) is 19.0. The lowest BCUT2D eigenvalue weighted by Gasteiger charge is -2.37. The molecule has 3 heterocycles. The minimum Gasteiger partial charge on any atom is -0.366 e. The van der Waals surface area contributed by atoms with E-state index in [1.165, 1.54) is 22.7 Å². The maximum atomic E-state index is 14.1. The minimum atomic E-state index is -0.243. The van der Waals surface area contributed by atoms with E-state index in [1.807, 2.05) is 29.7 Å². The Labute approximate surface area is 184 Å². The molecule has 1 aliphatic rings. The zero-order valence-electron chi connectivity index (χ0n) is 17.4. The van der Waals surface area contributed by atoms with Crippen molar-refractivity contribution >= 4 is 44.9 Å². The number of aromatic nitrogens is 2. The van der Waals surface area contributed by atoms with Crippen molar-refractivity contribution < 1.29 is 9.18 Å². The number of para-hydroxylation sites is 1. The van der Waals surface area contributed by atoms with E-state index in [4.69, 9.17) is 0 Å². The van der Waals surface area contributed by atoms with Gasteiger partial charge in [-0.2, -0.15) is 0 Å². The first kappa shape index (κ1) is 21.1. The summed E-state index contributed by atoms with van der Waals surface area (Å²) >= 11 is 3.20. The van der Waals surface area contributed by atoms with Gasteiger partial charge in [-0.3, -0.25) is 4.79 Å². The third-order valence-corrected chi connectivity index (χ3v) is 7.55. The molecule has 1 atom stereocenters. The Balaban J connectivity index is 1.43. The summed E-state index contributed by atoms with van der Waals surface area (Å²) in [6, 6.07) is 8.95. The molecule has 158 valence electrons. The van der Waals surface area contributed by atoms with Crippen molar-refractivity contribution in [2.45, 2.75) is 37.5 Å². The Morgan fingerprint density at radius 2 is 1.97 bits per heavy atom. The molecule has 0 aliphatic carbocycles. The predicted molar refractivity (Wildman–Crippen MR) is 122 cm³/mol. The van der Waals surface area contributed by atoms with Gasteiger partial charge in [-0.1, -0.05) is 30.8 Å². The van der Waals surface area contributed by atoms with Crippen LogP contribution in [0.5, 0.6) is 0 Å². The first-order valence-corrected chi connectivity index (χ1v) is 11.9. The molecule has 0 N–H and O–H groups in total. The van der Waals surface area contributed by atoms with Crippen molar-refractivity contribution in [2.24, 2.45) is 0 Å². The molecule has 8 heteroatoms. The number of fused-ring (bicyclic) bond motifs is 1. The Kier molecular flexibility index (Phi) is 6.24. The van der Waals surface area contributed by atoms with Crippen LogP contribution >= 0.6 is 23.1 Å². The summed E-state index contributed by atoms with van der Waals surface area (Å²) in [5, 5.41) is 1.67. The van der Waals surface area contributed by atoms with Gasteiger partial charge < -0.3 is 9.80 Å². The van der Waals surface area contributed by atoms with Crippen LogP contribution in [-0.2, 0) is 11.2 Å². The van der Waals surface area contributed by atoms with Gasteiger partial charge >= 0.3 is 0 Å². The van der Waals surface area contributed by atoms with Gasteiger partial charge in [-0.05, 0) is 38.5 Å². The number of hydrogen-bond donors (Lipinski definition) is 0. The summed E-state index contributed by atoms with van der Waals surface area (Å²) < 4.78 is 14.1. The lowest BCUT2D eigenvalue weighted by Crippen LogP contribution is -2.50. The second kappa shape index (κ2) is 8.89. The van der Waals surface area contributed by atoms with Gasteiger partial charge in [0.05, 0.1) is 10.9 Å². The number of thiophene rings is 1. The number of hydrogen-bond acceptors (Lipinski definition) is 6. The Morgan fingerprint density at radius 3 is 2.67 bits per heavy atom. The molecule has 1 aromatic carbocycles. The van der Waals surface area contributed by atoms with Gasteiger partial charge in [0.15, 0.2) is 0 Å². The maximum Gasteiger partial charge on any atom is 0.235 e. The molecule has 0 radical (unpaired) electrons. The maximum absolute atomic E-state index is 14.1. The third-order valence-electron chi connectivity index (χ3n) is 5.29. The summed E-state index contributed by atoms with van der Waals surface area (Å²) in [6.45, 7) is 8.40. The lowest BCUT2D eigenvalue weighted by molar-refractivity contribution is -0.130. The highest BCUT2D eigenvalue weighted by atomic mass is 32.2. The molecule has 2 aromatic heterocycles. The van der Waals surface area contributed by atoms with E-state index >= 15 is 0 Å². The molecule has 4 rings (SSSR count). The smallest absolute Gasteiger partial charge is 0.235 e. The number of anilines is 1. The Bertz CT molecular complexity index is 1060. The molecule has 1 unspecified atom stereocenters. The molecular weight excluding hydrogens is 419 g/mol. The van der Waals surface area contributed by atoms with Crippen LogP contribution in [0.25, 0.3) is 10.2 Å². The van der Waals surface area contributed by atoms with Crippen molar-refractivity contribution in [1.29, 1.82) is 0 Å². The first-order valence-electron chi connectivity index (χ1n) is 10.2. The predicted octanol–water partition coefficient (Wildman–Crippen LogP) is 4.53. The fraction of sp³-hybridized carbons (Fsp3) is 0.409. The minimum absolute atomic E-state index is 0.101. The molecule has 5 nitrogen and oxygen atoms in total. The number of carbonyl (C=O) groups excluding carboxylic acids is 1. The molecule has 1 saturated heterocycles. The molecule has 3 aromatic rings. The molecule has 0 saturated carbocycles. The fourth-order valence-corrected chi connectivity index (χ4v) is 5.79. The molecular formula is C22H25FN4OS2. The van der Waals surface area contributed by atoms with E-state index in [9.17, 15) is 9.18 Å². The standard InChI is InChI=1S/C22H25FN4OS2/c1-4-16-13-17-20(24-15(3)25-21(17)30-16)29-14(2)22(28)27-11-9-26(10-12-27)19-8-6-5-7-18(19)23/h5-8,13-14H,4,9-12H2,1-3H3. The van der Waals surface area contributed by atoms with Gasteiger partial charge in [0.2, 0.25) is 5.91 Å². The monoisotopic (exact) mass is 444 g/mol. The highest BCUT2D eigenvalue weighted by molar-refractivity contribution is 8.00. The van der Waals surface area contributed by atoms with Crippen LogP contribution in [0.3, 0.4) is 0 Å². The highest BCUT2D eigenvalue weighted by Crippen LogP contribution is 2.34. The number of benzene rings is 1. The van der Waals surface area contributed by atoms with Crippen LogP contribution in [0.1, 0.15) is 24.5 Å². The Hall–Kier alpha value is -2.19. The highest BCUT2D eigenvalue weighted by Gasteiger charge is 2.27. The van der Waals surface area contributed by atoms with Gasteiger partial charge in [0, 0.05) is 36.4 Å². The molecule has 0 bridgehead atoms. The summed E-state index contributed by atoms with van der Waals surface area (Å²) in [6.07, 6.45) is 0.963. The van der Waals surface area contributed by atoms with Crippen molar-refractivity contribution in [3.8, 4) is 0 Å². The average molecular weight is 445 g/mol. The molecule has 0 spiro atoms. The topological polar surface area (TPSA) is 49.3 Å². The van der Waals surface area contributed by atoms with Crippen molar-refractivity contribution in [3.05, 3.63) is 46.9 Å². The van der Waals surface area contributed by atoms with E-state index in [0.29, 0.717) is 31.9 Å². The van der Waals surface area contributed by atoms with Crippen LogP contribution in [0.2, 0.25) is 0 Å². The average Bonchev–Trinajstić information content (AvgIpc) is 3.17. The van der Waals surface area contributed by atoms with Crippen molar-refractivity contribution in [1.82, 2.24) is 14.9 Å². The van der Waals surface area contributed by atoms with Crippen LogP contribution in [0.15, 0.2) is 35.4 Å². The second-order valence-corrected chi connectivity index (χ2v) is 9.83. The quantitative estimate of drug-likeness (QED) is 0.427. The number of piperazine rings is 1. The summed E-state index contributed by atoms with van der Waals surface area (Å²) in [4.78, 5) is 28.4. The third kappa shape index (κ3) is 4.30. The normalized spacial score (nSPS) is 15.6. The summed E-state index contributed by atoms with van der Waals surface area (Å²) in [7, 11) is 0. The van der Waals surface area contributed by atoms with Crippen LogP contribution in [0.4, 0.5) is 10.1 Å². The first-order chi connectivity index (χ1) is 14.5. The molecule has 1 amide bonds. The van der Waals surface area contributed by atoms with E-state index in [2.05, 4.69) is 23.0 Å². The summed E-state index contributed by atoms with van der Waals surface area (Å²) in [5.74, 6) is 0.614. The molecule has 1 fully saturated rings. The summed E-state index contributed by atoms with van der Waals surface area (Å²) in [5.41, 5.74) is 0.607. The number of amides is 1. The van der Waals surface area contributed by atoms with Crippen molar-refractivity contribution in [2.75, 3.05) is 31.1 Å². The number of nitrogens with zero attached hydrogens (tertiary/aromatic N) is 4. The lowest BCUT2D eigenvalue weighted by atomic mass is 10.2. The number of carbonyl (C=O) groups is 1. The van der Waals surface area contributed by atoms with Gasteiger partial charge in [-0.15, -0.1) is 11.3 Å². The number of aryl methyl sites for hydroxylation is 2. The van der Waals surface area contributed by atoms with Crippen LogP contribution in [0, 0.1) is 12.7 Å². The molecule has 1 aliphatic heterocycles. The van der Waals surface area contributed by atoms with Crippen LogP contribution in [-0.4, -0.2) is 52.2 Å².